The molecule has 41 heavy (non-hydrogen) atoms. The first-order chi connectivity index (χ1) is 19.5. The molecule has 1 aromatic carbocycles. The van der Waals surface area contributed by atoms with E-state index < -0.39 is 30.0 Å². The zero-order valence-electron chi connectivity index (χ0n) is 22.5. The van der Waals surface area contributed by atoms with E-state index in [2.05, 4.69) is 10.1 Å². The van der Waals surface area contributed by atoms with Crippen molar-refractivity contribution in [1.29, 1.82) is 5.41 Å². The molecule has 0 spiro atoms. The van der Waals surface area contributed by atoms with Gasteiger partial charge in [-0.05, 0) is 62.1 Å². The zero-order chi connectivity index (χ0) is 29.1. The third kappa shape index (κ3) is 5.08. The fraction of sp³-hybridized carbons (Fsp3) is 0.483. The highest BCUT2D eigenvalue weighted by Crippen LogP contribution is 2.54. The summed E-state index contributed by atoms with van der Waals surface area (Å²) in [7, 11) is 1.15. The quantitative estimate of drug-likeness (QED) is 0.319. The summed E-state index contributed by atoms with van der Waals surface area (Å²) in [5.74, 6) is -1.70. The van der Waals surface area contributed by atoms with Gasteiger partial charge in [-0.1, -0.05) is 12.1 Å². The van der Waals surface area contributed by atoms with Gasteiger partial charge >= 0.3 is 6.18 Å². The third-order valence-corrected chi connectivity index (χ3v) is 8.71. The van der Waals surface area contributed by atoms with E-state index in [4.69, 9.17) is 5.41 Å². The molecule has 3 aromatic rings. The number of amides is 1. The molecule has 1 amide bonds. The van der Waals surface area contributed by atoms with E-state index in [0.717, 1.165) is 42.6 Å². The Morgan fingerprint density at radius 2 is 1.88 bits per heavy atom. The maximum absolute atomic E-state index is 14.4. The van der Waals surface area contributed by atoms with Crippen molar-refractivity contribution in [2.24, 2.45) is 11.8 Å². The van der Waals surface area contributed by atoms with Gasteiger partial charge in [-0.2, -0.15) is 17.6 Å². The SMILES string of the molecule is CN(C(=O)[C@@H]1CCC(=N)C(=O)CC1)[C@@H](c1ccc(N2CCCC3CC3c3c2cnc2cc(F)nn32)cc1)C(F)(F)F. The Labute approximate surface area is 233 Å². The third-order valence-electron chi connectivity index (χ3n) is 8.71. The van der Waals surface area contributed by atoms with Crippen molar-refractivity contribution in [2.75, 3.05) is 18.5 Å². The highest BCUT2D eigenvalue weighted by atomic mass is 19.4. The summed E-state index contributed by atoms with van der Waals surface area (Å²) >= 11 is 0. The summed E-state index contributed by atoms with van der Waals surface area (Å²) in [5.41, 5.74) is 2.54. The van der Waals surface area contributed by atoms with Crippen molar-refractivity contribution in [3.63, 3.8) is 0 Å². The van der Waals surface area contributed by atoms with Crippen LogP contribution < -0.4 is 4.90 Å². The van der Waals surface area contributed by atoms with Crippen LogP contribution in [0.5, 0.6) is 0 Å². The number of benzene rings is 1. The van der Waals surface area contributed by atoms with E-state index in [1.165, 1.54) is 18.2 Å². The molecule has 12 heteroatoms. The number of ketones is 1. The predicted octanol–water partition coefficient (Wildman–Crippen LogP) is 5.74. The molecule has 0 radical (unpaired) electrons. The van der Waals surface area contributed by atoms with E-state index in [0.29, 0.717) is 23.8 Å². The molecule has 3 aliphatic rings. The Morgan fingerprint density at radius 1 is 1.15 bits per heavy atom. The van der Waals surface area contributed by atoms with E-state index >= 15 is 0 Å². The molecule has 6 rings (SSSR count). The van der Waals surface area contributed by atoms with Gasteiger partial charge in [0, 0.05) is 43.6 Å². The number of anilines is 2. The van der Waals surface area contributed by atoms with Crippen LogP contribution >= 0.6 is 0 Å². The number of carbonyl (C=O) groups excluding carboxylic acids is 2. The number of halogens is 4. The average Bonchev–Trinajstić information content (AvgIpc) is 3.60. The van der Waals surface area contributed by atoms with E-state index in [9.17, 15) is 27.2 Å². The second-order valence-corrected chi connectivity index (χ2v) is 11.3. The van der Waals surface area contributed by atoms with Gasteiger partial charge in [0.15, 0.2) is 17.5 Å². The Morgan fingerprint density at radius 3 is 2.61 bits per heavy atom. The molecule has 4 atom stereocenters. The second kappa shape index (κ2) is 10.2. The topological polar surface area (TPSA) is 94.7 Å². The monoisotopic (exact) mass is 570 g/mol. The number of carbonyl (C=O) groups is 2. The number of aromatic nitrogens is 3. The van der Waals surface area contributed by atoms with Crippen LogP contribution in [0, 0.1) is 23.2 Å². The molecular formula is C29H30F4N6O2. The number of alkyl halides is 3. The Balaban J connectivity index is 1.30. The summed E-state index contributed by atoms with van der Waals surface area (Å²) in [6, 6.07) is 5.12. The zero-order valence-corrected chi connectivity index (χ0v) is 22.5. The number of rotatable bonds is 4. The first-order valence-corrected chi connectivity index (χ1v) is 13.9. The molecule has 3 heterocycles. The Bertz CT molecular complexity index is 1500. The molecule has 0 bridgehead atoms. The average molecular weight is 571 g/mol. The molecular weight excluding hydrogens is 540 g/mol. The predicted molar refractivity (Wildman–Crippen MR) is 143 cm³/mol. The molecule has 2 aliphatic carbocycles. The lowest BCUT2D eigenvalue weighted by Gasteiger charge is -2.33. The van der Waals surface area contributed by atoms with Crippen molar-refractivity contribution >= 4 is 34.4 Å². The minimum absolute atomic E-state index is 0.0142. The van der Waals surface area contributed by atoms with Gasteiger partial charge in [-0.15, -0.1) is 5.10 Å². The number of nitrogens with one attached hydrogen (secondary N) is 1. The summed E-state index contributed by atoms with van der Waals surface area (Å²) in [6.45, 7) is 0.614. The Hall–Kier alpha value is -3.83. The van der Waals surface area contributed by atoms with Crippen LogP contribution in [0.4, 0.5) is 28.9 Å². The number of fused-ring (bicyclic) bond motifs is 5. The number of Topliss-reactive ketones (excluding diaryl/α,β-unsaturated/α-hetero) is 1. The van der Waals surface area contributed by atoms with Gasteiger partial charge < -0.3 is 15.2 Å². The highest BCUT2D eigenvalue weighted by Gasteiger charge is 2.47. The smallest absolute Gasteiger partial charge is 0.339 e. The van der Waals surface area contributed by atoms with Gasteiger partial charge in [-0.25, -0.2) is 9.50 Å². The van der Waals surface area contributed by atoms with Crippen LogP contribution in [0.3, 0.4) is 0 Å². The van der Waals surface area contributed by atoms with Gasteiger partial charge in [0.2, 0.25) is 11.9 Å². The van der Waals surface area contributed by atoms with Gasteiger partial charge in [-0.3, -0.25) is 9.59 Å². The number of hydrogen-bond acceptors (Lipinski definition) is 6. The molecule has 2 saturated carbocycles. The summed E-state index contributed by atoms with van der Waals surface area (Å²) in [4.78, 5) is 32.2. The van der Waals surface area contributed by atoms with Crippen LogP contribution in [-0.4, -0.2) is 56.7 Å². The van der Waals surface area contributed by atoms with Gasteiger partial charge in [0.05, 0.1) is 23.3 Å². The maximum atomic E-state index is 14.4. The highest BCUT2D eigenvalue weighted by molar-refractivity contribution is 6.38. The largest absolute Gasteiger partial charge is 0.413 e. The normalized spacial score (nSPS) is 23.7. The first kappa shape index (κ1) is 27.3. The van der Waals surface area contributed by atoms with Crippen LogP contribution in [0.25, 0.3) is 5.65 Å². The molecule has 216 valence electrons. The van der Waals surface area contributed by atoms with E-state index in [1.807, 2.05) is 4.90 Å². The molecule has 2 aromatic heterocycles. The van der Waals surface area contributed by atoms with Gasteiger partial charge in [0.1, 0.15) is 0 Å². The summed E-state index contributed by atoms with van der Waals surface area (Å²) in [5, 5.41) is 11.8. The maximum Gasteiger partial charge on any atom is 0.413 e. The first-order valence-electron chi connectivity index (χ1n) is 13.9. The molecule has 0 saturated heterocycles. The number of hydrogen-bond donors (Lipinski definition) is 1. The molecule has 2 unspecified atom stereocenters. The summed E-state index contributed by atoms with van der Waals surface area (Å²) in [6.07, 6.45) is 0.179. The number of nitrogens with zero attached hydrogens (tertiary/aromatic N) is 5. The Kier molecular flexibility index (Phi) is 6.82. The second-order valence-electron chi connectivity index (χ2n) is 11.3. The van der Waals surface area contributed by atoms with Gasteiger partial charge in [0.25, 0.3) is 0 Å². The lowest BCUT2D eigenvalue weighted by molar-refractivity contribution is -0.190. The van der Waals surface area contributed by atoms with Crippen molar-refractivity contribution in [3.8, 4) is 0 Å². The summed E-state index contributed by atoms with van der Waals surface area (Å²) < 4.78 is 58.8. The van der Waals surface area contributed by atoms with Crippen molar-refractivity contribution in [3.05, 3.63) is 53.7 Å². The van der Waals surface area contributed by atoms with Crippen molar-refractivity contribution in [2.45, 2.75) is 63.1 Å². The fourth-order valence-corrected chi connectivity index (χ4v) is 6.46. The van der Waals surface area contributed by atoms with Crippen LogP contribution in [0.2, 0.25) is 0 Å². The molecule has 1 N–H and O–H groups in total. The minimum Gasteiger partial charge on any atom is -0.339 e. The molecule has 2 fully saturated rings. The standard InChI is InChI=1S/C29H30F4N6O2/c1-37(28(41)17-6-10-21(34)23(40)11-7-17)27(29(31,32)33)16-4-8-19(9-5-16)38-12-2-3-18-13-20(18)26-22(38)15-35-25-14-24(30)36-39(25)26/h4-5,8-9,14-15,17-18,20,27,34H,2-3,6-7,10-13H2,1H3/t17-,18?,20?,27+/m1/s1. The van der Waals surface area contributed by atoms with Crippen LogP contribution in [0.15, 0.2) is 36.5 Å². The minimum atomic E-state index is -4.73. The van der Waals surface area contributed by atoms with E-state index in [1.54, 1.807) is 22.8 Å². The van der Waals surface area contributed by atoms with Crippen molar-refractivity contribution in [1.82, 2.24) is 19.5 Å². The van der Waals surface area contributed by atoms with Crippen molar-refractivity contribution < 1.29 is 27.2 Å². The molecule has 8 nitrogen and oxygen atoms in total. The lowest BCUT2D eigenvalue weighted by atomic mass is 9.96. The van der Waals surface area contributed by atoms with Crippen LogP contribution in [0.1, 0.15) is 68.2 Å². The molecule has 1 aliphatic heterocycles. The van der Waals surface area contributed by atoms with Crippen LogP contribution in [-0.2, 0) is 9.59 Å². The van der Waals surface area contributed by atoms with E-state index in [-0.39, 0.29) is 48.7 Å². The lowest BCUT2D eigenvalue weighted by Crippen LogP contribution is -2.42. The fourth-order valence-electron chi connectivity index (χ4n) is 6.46.